The molecule has 0 radical (unpaired) electrons. The van der Waals surface area contributed by atoms with Gasteiger partial charge in [-0.15, -0.1) is 0 Å². The Morgan fingerprint density at radius 3 is 2.12 bits per heavy atom. The van der Waals surface area contributed by atoms with Crippen LogP contribution in [-0.4, -0.2) is 39.1 Å². The molecule has 0 fully saturated rings. The number of carboxylic acids is 1. The second-order valence-electron chi connectivity index (χ2n) is 3.69. The molecule has 0 aliphatic heterocycles. The van der Waals surface area contributed by atoms with Crippen LogP contribution in [0.3, 0.4) is 0 Å². The van der Waals surface area contributed by atoms with Gasteiger partial charge in [-0.25, -0.2) is 4.79 Å². The van der Waals surface area contributed by atoms with Gasteiger partial charge in [0, 0.05) is 6.20 Å². The molecule has 0 spiro atoms. The molecule has 0 saturated carbocycles. The zero-order valence-electron chi connectivity index (χ0n) is 13.2. The molecule has 0 unspecified atom stereocenters. The van der Waals surface area contributed by atoms with Gasteiger partial charge >= 0.3 is 47.0 Å². The zero-order chi connectivity index (χ0) is 17.5. The van der Waals surface area contributed by atoms with E-state index in [2.05, 4.69) is 0 Å². The molecular formula is C10H25Cl2FN6O5Pt. The van der Waals surface area contributed by atoms with Crippen LogP contribution in [0.5, 0.6) is 0 Å². The molecule has 1 atom stereocenters. The summed E-state index contributed by atoms with van der Waals surface area (Å²) in [6.07, 6.45) is 2.87. The van der Waals surface area contributed by atoms with Crippen LogP contribution in [-0.2, 0) is 21.3 Å². The number of nitrogens with one attached hydrogen (secondary N) is 2. The predicted molar refractivity (Wildman–Crippen MR) is 91.5 cm³/mol. The zero-order valence-corrected chi connectivity index (χ0v) is 17.0. The van der Waals surface area contributed by atoms with E-state index in [1.165, 1.54) is 0 Å². The van der Waals surface area contributed by atoms with Crippen LogP contribution in [0.4, 0.5) is 4.39 Å². The summed E-state index contributed by atoms with van der Waals surface area (Å²) in [7, 11) is 9.75. The molecule has 0 bridgehead atoms. The van der Waals surface area contributed by atoms with Crippen LogP contribution in [0.15, 0.2) is 15.8 Å². The summed E-state index contributed by atoms with van der Waals surface area (Å²) in [4.78, 5) is 34.1. The van der Waals surface area contributed by atoms with Crippen molar-refractivity contribution in [1.29, 1.82) is 0 Å². The number of carbonyl (C=O) groups is 1. The Labute approximate surface area is 159 Å². The molecule has 1 aromatic rings. The summed E-state index contributed by atoms with van der Waals surface area (Å²) < 4.78 is 12.0. The fourth-order valence-corrected chi connectivity index (χ4v) is 1.03. The number of aliphatic carboxylic acids is 1. The molecule has 15 N–H and O–H groups in total. The molecule has 0 aliphatic carbocycles. The Kier molecular flexibility index (Phi) is 32.7. The Bertz CT molecular complexity index is 535. The van der Waals surface area contributed by atoms with E-state index >= 15 is 0 Å². The van der Waals surface area contributed by atoms with E-state index in [0.29, 0.717) is 19.2 Å². The van der Waals surface area contributed by atoms with Crippen LogP contribution >= 0.6 is 18.8 Å². The normalized spacial score (nSPS) is 9.48. The average Bonchev–Trinajstić information content (AvgIpc) is 2.45. The van der Waals surface area contributed by atoms with E-state index in [4.69, 9.17) is 35.4 Å². The molecule has 0 amide bonds. The Morgan fingerprint density at radius 1 is 1.32 bits per heavy atom. The molecule has 156 valence electrons. The number of aromatic amines is 2. The van der Waals surface area contributed by atoms with Crippen molar-refractivity contribution in [3.63, 3.8) is 0 Å². The number of hydrogen-bond donors (Lipinski definition) is 7. The average molecular weight is 594 g/mol. The summed E-state index contributed by atoms with van der Waals surface area (Å²) in [6, 6.07) is -0.716. The molecular weight excluding hydrogens is 569 g/mol. The van der Waals surface area contributed by atoms with Gasteiger partial charge in [0.05, 0.1) is 0 Å². The second-order valence-corrected chi connectivity index (χ2v) is 6.98. The summed E-state index contributed by atoms with van der Waals surface area (Å²) in [6.45, 7) is 0.604. The van der Waals surface area contributed by atoms with Crippen molar-refractivity contribution in [3.8, 4) is 0 Å². The Hall–Kier alpha value is -0.852. The van der Waals surface area contributed by atoms with Gasteiger partial charge in [0.15, 0.2) is 0 Å². The standard InChI is InChI=1S/C6H14N2O2.C4H3FN2O2.2ClH.2H3N.H2O.Pt/c7-4-2-1-3-5(8)6(9)10;5-2-1-6-4(9)7-3(2)8;;;;;;/h5H,1-4,7-8H2,(H,9,10);1H,(H2,6,7,8,9);2*1H;2*1H3;1H2;/q;;;;;;;+2/p-2/t5-;;;;;;;/m0......./s1. The van der Waals surface area contributed by atoms with Gasteiger partial charge < -0.3 is 39.3 Å². The van der Waals surface area contributed by atoms with E-state index in [9.17, 15) is 18.8 Å². The molecule has 25 heavy (non-hydrogen) atoms. The minimum atomic E-state index is -1.00. The fourth-order valence-electron chi connectivity index (χ4n) is 1.03. The molecule has 15 heteroatoms. The van der Waals surface area contributed by atoms with Gasteiger partial charge in [-0.3, -0.25) is 14.6 Å². The molecule has 0 aromatic carbocycles. The fraction of sp³-hybridized carbons (Fsp3) is 0.500. The van der Waals surface area contributed by atoms with E-state index in [-0.39, 0.29) is 17.8 Å². The van der Waals surface area contributed by atoms with Crippen molar-refractivity contribution in [1.82, 2.24) is 22.3 Å². The summed E-state index contributed by atoms with van der Waals surface area (Å²) in [5.74, 6) is -1.92. The van der Waals surface area contributed by atoms with E-state index in [1.807, 2.05) is 4.98 Å². The molecule has 1 aromatic heterocycles. The van der Waals surface area contributed by atoms with Crippen molar-refractivity contribution in [2.75, 3.05) is 6.54 Å². The number of hydrogen-bond acceptors (Lipinski definition) is 7. The molecule has 11 nitrogen and oxygen atoms in total. The monoisotopic (exact) mass is 593 g/mol. The first-order valence-corrected chi connectivity index (χ1v) is 11.4. The number of aromatic nitrogens is 2. The predicted octanol–water partition coefficient (Wildman–Crippen LogP) is -0.395. The van der Waals surface area contributed by atoms with Gasteiger partial charge in [0.1, 0.15) is 6.04 Å². The number of rotatable bonds is 5. The van der Waals surface area contributed by atoms with Crippen LogP contribution in [0.1, 0.15) is 19.3 Å². The van der Waals surface area contributed by atoms with E-state index < -0.39 is 45.6 Å². The first-order valence-electron chi connectivity index (χ1n) is 5.78. The van der Waals surface area contributed by atoms with Crippen molar-refractivity contribution in [2.45, 2.75) is 25.3 Å². The topological polar surface area (TPSA) is 257 Å². The van der Waals surface area contributed by atoms with Crippen LogP contribution in [0, 0.1) is 5.82 Å². The van der Waals surface area contributed by atoms with Crippen molar-refractivity contribution < 1.29 is 36.2 Å². The van der Waals surface area contributed by atoms with Crippen LogP contribution in [0.2, 0.25) is 0 Å². The van der Waals surface area contributed by atoms with Gasteiger partial charge in [0.2, 0.25) is 5.82 Å². The quantitative estimate of drug-likeness (QED) is 0.220. The van der Waals surface area contributed by atoms with Crippen molar-refractivity contribution >= 4 is 24.8 Å². The molecule has 0 saturated heterocycles. The van der Waals surface area contributed by atoms with Gasteiger partial charge in [-0.1, -0.05) is 6.42 Å². The van der Waals surface area contributed by atoms with Crippen molar-refractivity contribution in [2.24, 2.45) is 11.5 Å². The van der Waals surface area contributed by atoms with Crippen LogP contribution < -0.4 is 35.0 Å². The number of unbranched alkanes of at least 4 members (excludes halogenated alkanes) is 1. The second kappa shape index (κ2) is 23.1. The number of nitrogens with two attached hydrogens (primary N) is 2. The maximum atomic E-state index is 12.0. The third-order valence-electron chi connectivity index (χ3n) is 2.06. The van der Waals surface area contributed by atoms with Crippen molar-refractivity contribution in [3.05, 3.63) is 32.9 Å². The SMILES string of the molecule is N.N.NCCCC[C@H](N)C(=O)O.O.O=c1[nH]cc(F)c(=O)[nH]1.[Cl][Pt][Cl]. The third-order valence-corrected chi connectivity index (χ3v) is 2.06. The van der Waals surface area contributed by atoms with Gasteiger partial charge in [-0.05, 0) is 19.4 Å². The van der Waals surface area contributed by atoms with E-state index in [0.717, 1.165) is 12.8 Å². The Morgan fingerprint density at radius 2 is 1.80 bits per heavy atom. The van der Waals surface area contributed by atoms with Gasteiger partial charge in [-0.2, -0.15) is 4.39 Å². The first-order chi connectivity index (χ1) is 10.3. The third kappa shape index (κ3) is 23.1. The molecule has 1 heterocycles. The van der Waals surface area contributed by atoms with Crippen LogP contribution in [0.25, 0.3) is 0 Å². The number of H-pyrrole nitrogens is 2. The summed E-state index contributed by atoms with van der Waals surface area (Å²) in [5.41, 5.74) is 8.71. The number of carboxylic acid groups (broad SMARTS) is 1. The molecule has 1 rings (SSSR count). The summed E-state index contributed by atoms with van der Waals surface area (Å²) >= 11 is -0.472. The first kappa shape index (κ1) is 35.3. The maximum absolute atomic E-state index is 12.0. The summed E-state index contributed by atoms with van der Waals surface area (Å²) in [5, 5.41) is 8.33. The van der Waals surface area contributed by atoms with Gasteiger partial charge in [0.25, 0.3) is 5.56 Å². The Balaban J connectivity index is -0.0000000836. The number of halogens is 3. The minimum absolute atomic E-state index is 0. The van der Waals surface area contributed by atoms with E-state index in [1.54, 1.807) is 4.98 Å². The molecule has 0 aliphatic rings.